The second kappa shape index (κ2) is 6.70. The van der Waals surface area contributed by atoms with Crippen molar-refractivity contribution in [1.29, 1.82) is 0 Å². The average Bonchev–Trinajstić information content (AvgIpc) is 3.13. The molecule has 3 rings (SSSR count). The van der Waals surface area contributed by atoms with E-state index in [0.29, 0.717) is 25.2 Å². The Morgan fingerprint density at radius 1 is 1.38 bits per heavy atom. The van der Waals surface area contributed by atoms with E-state index in [0.717, 1.165) is 13.1 Å². The maximum Gasteiger partial charge on any atom is 0.273 e. The van der Waals surface area contributed by atoms with Gasteiger partial charge in [0.2, 0.25) is 0 Å². The van der Waals surface area contributed by atoms with Crippen molar-refractivity contribution in [2.24, 2.45) is 7.05 Å². The third-order valence-corrected chi connectivity index (χ3v) is 4.47. The van der Waals surface area contributed by atoms with Gasteiger partial charge in [-0.15, -0.1) is 5.10 Å². The minimum atomic E-state index is -0.884. The quantitative estimate of drug-likeness (QED) is 0.866. The minimum absolute atomic E-state index is 0.183. The van der Waals surface area contributed by atoms with Gasteiger partial charge in [-0.2, -0.15) is 0 Å². The predicted molar refractivity (Wildman–Crippen MR) is 89.2 cm³/mol. The fourth-order valence-corrected chi connectivity index (χ4v) is 3.24. The van der Waals surface area contributed by atoms with Gasteiger partial charge in [0.05, 0.1) is 18.3 Å². The summed E-state index contributed by atoms with van der Waals surface area (Å²) in [7, 11) is 3.38. The van der Waals surface area contributed by atoms with Gasteiger partial charge < -0.3 is 10.0 Å². The highest BCUT2D eigenvalue weighted by Crippen LogP contribution is 2.24. The number of aliphatic hydroxyl groups is 1. The highest BCUT2D eigenvalue weighted by molar-refractivity contribution is 5.92. The Morgan fingerprint density at radius 3 is 2.79 bits per heavy atom. The summed E-state index contributed by atoms with van der Waals surface area (Å²) in [5.74, 6) is -0.183. The summed E-state index contributed by atoms with van der Waals surface area (Å²) in [6.07, 6.45) is 2.10. The number of aryl methyl sites for hydroxylation is 1. The van der Waals surface area contributed by atoms with Crippen molar-refractivity contribution in [3.8, 4) is 0 Å². The highest BCUT2D eigenvalue weighted by Gasteiger charge is 2.38. The maximum absolute atomic E-state index is 12.4. The van der Waals surface area contributed by atoms with Crippen molar-refractivity contribution in [2.45, 2.75) is 18.6 Å². The molecule has 1 amide bonds. The summed E-state index contributed by atoms with van der Waals surface area (Å²) in [6.45, 7) is 2.48. The first-order chi connectivity index (χ1) is 11.5. The smallest absolute Gasteiger partial charge is 0.273 e. The van der Waals surface area contributed by atoms with E-state index in [1.807, 2.05) is 18.2 Å². The van der Waals surface area contributed by atoms with Gasteiger partial charge in [-0.05, 0) is 12.0 Å². The molecule has 0 aliphatic carbocycles. The van der Waals surface area contributed by atoms with Gasteiger partial charge in [-0.25, -0.2) is 4.68 Å². The molecular formula is C17H23N5O2. The van der Waals surface area contributed by atoms with Crippen LogP contribution in [0.3, 0.4) is 0 Å². The summed E-state index contributed by atoms with van der Waals surface area (Å²) in [5.41, 5.74) is 0.762. The molecule has 1 aromatic carbocycles. The maximum atomic E-state index is 12.4. The lowest BCUT2D eigenvalue weighted by atomic mass is 10.0. The molecule has 7 heteroatoms. The molecule has 1 saturated heterocycles. The summed E-state index contributed by atoms with van der Waals surface area (Å²) in [4.78, 5) is 16.2. The zero-order valence-electron chi connectivity index (χ0n) is 14.1. The molecule has 2 heterocycles. The van der Waals surface area contributed by atoms with Gasteiger partial charge in [0.15, 0.2) is 0 Å². The number of β-amino-alcohol motifs (C(OH)–C–C–N with tert-alkyl or cyclic N) is 1. The number of likely N-dealkylation sites (tertiary alicyclic amines) is 1. The third-order valence-electron chi connectivity index (χ3n) is 4.47. The normalized spacial score (nSPS) is 21.1. The van der Waals surface area contributed by atoms with Crippen molar-refractivity contribution in [3.63, 3.8) is 0 Å². The Morgan fingerprint density at radius 2 is 2.12 bits per heavy atom. The van der Waals surface area contributed by atoms with Gasteiger partial charge in [0.25, 0.3) is 5.91 Å². The molecule has 0 saturated carbocycles. The van der Waals surface area contributed by atoms with Crippen LogP contribution in [0, 0.1) is 0 Å². The van der Waals surface area contributed by atoms with Crippen molar-refractivity contribution in [2.75, 3.05) is 26.7 Å². The number of carbonyl (C=O) groups is 1. The molecule has 1 aliphatic heterocycles. The standard InChI is InChI=1S/C17H23N5O2/c1-20(16(23)15-10-18-19-21(15)2)12-17(24)8-9-22(13-17)11-14-6-4-3-5-7-14/h3-7,10,24H,8-9,11-13H2,1-2H3. The first-order valence-corrected chi connectivity index (χ1v) is 8.06. The second-order valence-corrected chi connectivity index (χ2v) is 6.57. The van der Waals surface area contributed by atoms with Gasteiger partial charge in [0, 0.05) is 33.7 Å². The van der Waals surface area contributed by atoms with E-state index in [-0.39, 0.29) is 5.91 Å². The molecule has 1 unspecified atom stereocenters. The van der Waals surface area contributed by atoms with Crippen LogP contribution in [0.2, 0.25) is 0 Å². The molecule has 2 aromatic rings. The van der Waals surface area contributed by atoms with E-state index in [4.69, 9.17) is 0 Å². The average molecular weight is 329 g/mol. The molecule has 0 bridgehead atoms. The number of rotatable bonds is 5. The molecule has 0 spiro atoms. The molecule has 24 heavy (non-hydrogen) atoms. The number of carbonyl (C=O) groups excluding carboxylic acids is 1. The topological polar surface area (TPSA) is 74.5 Å². The van der Waals surface area contributed by atoms with E-state index in [1.165, 1.54) is 16.4 Å². The number of benzene rings is 1. The van der Waals surface area contributed by atoms with Gasteiger partial charge in [-0.3, -0.25) is 9.69 Å². The summed E-state index contributed by atoms with van der Waals surface area (Å²) < 4.78 is 1.44. The fourth-order valence-electron chi connectivity index (χ4n) is 3.24. The van der Waals surface area contributed by atoms with Crippen LogP contribution in [0.15, 0.2) is 36.5 Å². The third kappa shape index (κ3) is 3.63. The van der Waals surface area contributed by atoms with Crippen LogP contribution in [0.25, 0.3) is 0 Å². The van der Waals surface area contributed by atoms with E-state index in [9.17, 15) is 9.90 Å². The molecule has 128 valence electrons. The van der Waals surface area contributed by atoms with Gasteiger partial charge in [0.1, 0.15) is 5.69 Å². The number of nitrogens with zero attached hydrogens (tertiary/aromatic N) is 5. The Kier molecular flexibility index (Phi) is 4.64. The zero-order chi connectivity index (χ0) is 17.2. The van der Waals surface area contributed by atoms with Crippen LogP contribution in [-0.2, 0) is 13.6 Å². The number of likely N-dealkylation sites (N-methyl/N-ethyl adjacent to an activating group) is 1. The van der Waals surface area contributed by atoms with Gasteiger partial charge in [-0.1, -0.05) is 35.5 Å². The van der Waals surface area contributed by atoms with Crippen molar-refractivity contribution >= 4 is 5.91 Å². The second-order valence-electron chi connectivity index (χ2n) is 6.57. The minimum Gasteiger partial charge on any atom is -0.387 e. The number of amides is 1. The Balaban J connectivity index is 1.59. The number of hydrogen-bond acceptors (Lipinski definition) is 5. The molecule has 1 N–H and O–H groups in total. The lowest BCUT2D eigenvalue weighted by Crippen LogP contribution is -2.46. The van der Waals surface area contributed by atoms with Crippen LogP contribution in [0.1, 0.15) is 22.5 Å². The van der Waals surface area contributed by atoms with Gasteiger partial charge >= 0.3 is 0 Å². The Labute approximate surface area is 141 Å². The zero-order valence-corrected chi connectivity index (χ0v) is 14.1. The van der Waals surface area contributed by atoms with Crippen LogP contribution in [0.5, 0.6) is 0 Å². The van der Waals surface area contributed by atoms with Crippen LogP contribution in [-0.4, -0.2) is 68.1 Å². The monoisotopic (exact) mass is 329 g/mol. The van der Waals surface area contributed by atoms with Crippen molar-refractivity contribution < 1.29 is 9.90 Å². The molecule has 1 fully saturated rings. The fraction of sp³-hybridized carbons (Fsp3) is 0.471. The lowest BCUT2D eigenvalue weighted by molar-refractivity contribution is 0.0166. The first-order valence-electron chi connectivity index (χ1n) is 8.06. The molecule has 0 radical (unpaired) electrons. The van der Waals surface area contributed by atoms with Crippen LogP contribution >= 0.6 is 0 Å². The molecular weight excluding hydrogens is 306 g/mol. The summed E-state index contributed by atoms with van der Waals surface area (Å²) in [5, 5.41) is 18.4. The number of hydrogen-bond donors (Lipinski definition) is 1. The molecule has 7 nitrogen and oxygen atoms in total. The largest absolute Gasteiger partial charge is 0.387 e. The highest BCUT2D eigenvalue weighted by atomic mass is 16.3. The van der Waals surface area contributed by atoms with E-state index >= 15 is 0 Å². The Hall–Kier alpha value is -2.25. The Bertz CT molecular complexity index is 702. The van der Waals surface area contributed by atoms with Crippen LogP contribution in [0.4, 0.5) is 0 Å². The van der Waals surface area contributed by atoms with E-state index < -0.39 is 5.60 Å². The van der Waals surface area contributed by atoms with E-state index in [1.54, 1.807) is 19.0 Å². The summed E-state index contributed by atoms with van der Waals surface area (Å²) in [6, 6.07) is 10.2. The van der Waals surface area contributed by atoms with Crippen LogP contribution < -0.4 is 0 Å². The molecule has 1 atom stereocenters. The molecule has 1 aromatic heterocycles. The molecule has 1 aliphatic rings. The summed E-state index contributed by atoms with van der Waals surface area (Å²) >= 11 is 0. The van der Waals surface area contributed by atoms with Crippen molar-refractivity contribution in [1.82, 2.24) is 24.8 Å². The first kappa shape index (κ1) is 16.6. The van der Waals surface area contributed by atoms with E-state index in [2.05, 4.69) is 27.3 Å². The van der Waals surface area contributed by atoms with Crippen molar-refractivity contribution in [3.05, 3.63) is 47.8 Å². The number of aromatic nitrogens is 3. The predicted octanol–water partition coefficient (Wildman–Crippen LogP) is 0.524. The SMILES string of the molecule is CN(CC1(O)CCN(Cc2ccccc2)C1)C(=O)c1cnnn1C. The lowest BCUT2D eigenvalue weighted by Gasteiger charge is -2.29.